The zero-order chi connectivity index (χ0) is 13.1. The molecule has 0 aliphatic heterocycles. The number of hydrogen-bond acceptors (Lipinski definition) is 3. The molecule has 0 saturated heterocycles. The number of carbonyl (C=O) groups excluding carboxylic acids is 1. The summed E-state index contributed by atoms with van der Waals surface area (Å²) < 4.78 is 5.32. The van der Waals surface area contributed by atoms with Gasteiger partial charge in [-0.3, -0.25) is 4.79 Å². The van der Waals surface area contributed by atoms with Crippen LogP contribution in [0.5, 0.6) is 0 Å². The number of nitrogens with zero attached hydrogens (tertiary/aromatic N) is 1. The van der Waals surface area contributed by atoms with Crippen molar-refractivity contribution in [3.05, 3.63) is 29.7 Å². The number of carbonyl (C=O) groups is 1. The first-order chi connectivity index (χ1) is 7.86. The minimum absolute atomic E-state index is 0.0804. The fourth-order valence-corrected chi connectivity index (χ4v) is 1.21. The van der Waals surface area contributed by atoms with Gasteiger partial charge in [-0.2, -0.15) is 0 Å². The lowest BCUT2D eigenvalue weighted by Gasteiger charge is -2.33. The third-order valence-electron chi connectivity index (χ3n) is 2.78. The molecule has 0 saturated carbocycles. The third-order valence-corrected chi connectivity index (χ3v) is 2.78. The monoisotopic (exact) mass is 237 g/mol. The fraction of sp³-hybridized carbons (Fsp3) is 0.462. The number of aryl methyl sites for hydroxylation is 1. The predicted molar refractivity (Wildman–Crippen MR) is 66.4 cm³/mol. The van der Waals surface area contributed by atoms with Crippen molar-refractivity contribution in [2.75, 3.05) is 13.7 Å². The first kappa shape index (κ1) is 13.5. The van der Waals surface area contributed by atoms with Gasteiger partial charge < -0.3 is 14.4 Å². The SMILES string of the molecule is Cc1ccc(/C=C/C(=O)N(C)C(C)(C)CO)o1. The molecular weight excluding hydrogens is 218 g/mol. The highest BCUT2D eigenvalue weighted by Crippen LogP contribution is 2.13. The smallest absolute Gasteiger partial charge is 0.246 e. The van der Waals surface area contributed by atoms with Crippen molar-refractivity contribution in [3.8, 4) is 0 Å². The van der Waals surface area contributed by atoms with Crippen molar-refractivity contribution in [3.63, 3.8) is 0 Å². The summed E-state index contributed by atoms with van der Waals surface area (Å²) in [5.74, 6) is 1.28. The quantitative estimate of drug-likeness (QED) is 0.813. The van der Waals surface area contributed by atoms with Crippen LogP contribution >= 0.6 is 0 Å². The largest absolute Gasteiger partial charge is 0.462 e. The molecule has 0 radical (unpaired) electrons. The van der Waals surface area contributed by atoms with Crippen molar-refractivity contribution in [1.82, 2.24) is 4.90 Å². The summed E-state index contributed by atoms with van der Waals surface area (Å²) >= 11 is 0. The normalized spacial score (nSPS) is 12.1. The van der Waals surface area contributed by atoms with Crippen LogP contribution in [-0.4, -0.2) is 35.1 Å². The van der Waals surface area contributed by atoms with Crippen LogP contribution in [0, 0.1) is 6.92 Å². The number of likely N-dealkylation sites (N-methyl/N-ethyl adjacent to an activating group) is 1. The molecule has 0 bridgehead atoms. The molecule has 1 aromatic heterocycles. The van der Waals surface area contributed by atoms with E-state index in [2.05, 4.69) is 0 Å². The molecule has 17 heavy (non-hydrogen) atoms. The maximum Gasteiger partial charge on any atom is 0.246 e. The van der Waals surface area contributed by atoms with Gasteiger partial charge in [0.25, 0.3) is 0 Å². The van der Waals surface area contributed by atoms with Crippen LogP contribution in [0.1, 0.15) is 25.4 Å². The molecule has 1 rings (SSSR count). The van der Waals surface area contributed by atoms with Crippen LogP contribution in [0.3, 0.4) is 0 Å². The highest BCUT2D eigenvalue weighted by Gasteiger charge is 2.25. The van der Waals surface area contributed by atoms with Gasteiger partial charge in [-0.1, -0.05) is 0 Å². The highest BCUT2D eigenvalue weighted by molar-refractivity contribution is 5.91. The Morgan fingerprint density at radius 3 is 2.65 bits per heavy atom. The van der Waals surface area contributed by atoms with Crippen molar-refractivity contribution >= 4 is 12.0 Å². The molecule has 4 nitrogen and oxygen atoms in total. The van der Waals surface area contributed by atoms with Crippen LogP contribution in [0.15, 0.2) is 22.6 Å². The van der Waals surface area contributed by atoms with Crippen LogP contribution in [0.4, 0.5) is 0 Å². The number of aliphatic hydroxyl groups is 1. The molecular formula is C13H19NO3. The Balaban J connectivity index is 2.69. The maximum atomic E-state index is 11.8. The van der Waals surface area contributed by atoms with E-state index in [1.54, 1.807) is 33.0 Å². The van der Waals surface area contributed by atoms with Gasteiger partial charge in [0.15, 0.2) is 0 Å². The van der Waals surface area contributed by atoms with E-state index in [4.69, 9.17) is 9.52 Å². The number of hydrogen-bond donors (Lipinski definition) is 1. The molecule has 0 aromatic carbocycles. The fourth-order valence-electron chi connectivity index (χ4n) is 1.21. The van der Waals surface area contributed by atoms with Gasteiger partial charge in [0, 0.05) is 13.1 Å². The molecule has 0 unspecified atom stereocenters. The number of amides is 1. The maximum absolute atomic E-state index is 11.8. The van der Waals surface area contributed by atoms with Gasteiger partial charge in [-0.25, -0.2) is 0 Å². The Labute approximate surface area is 102 Å². The number of rotatable bonds is 4. The van der Waals surface area contributed by atoms with E-state index in [-0.39, 0.29) is 12.5 Å². The summed E-state index contributed by atoms with van der Waals surface area (Å²) in [4.78, 5) is 13.3. The van der Waals surface area contributed by atoms with Crippen molar-refractivity contribution in [1.29, 1.82) is 0 Å². The molecule has 0 fully saturated rings. The molecule has 0 spiro atoms. The lowest BCUT2D eigenvalue weighted by atomic mass is 10.1. The molecule has 0 aliphatic rings. The number of furan rings is 1. The Bertz CT molecular complexity index is 418. The van der Waals surface area contributed by atoms with E-state index in [9.17, 15) is 4.79 Å². The second-order valence-corrected chi connectivity index (χ2v) is 4.65. The minimum Gasteiger partial charge on any atom is -0.462 e. The Morgan fingerprint density at radius 1 is 1.53 bits per heavy atom. The molecule has 1 aromatic rings. The van der Waals surface area contributed by atoms with Gasteiger partial charge in [0.1, 0.15) is 11.5 Å². The molecule has 1 heterocycles. The summed E-state index contributed by atoms with van der Waals surface area (Å²) in [6, 6.07) is 3.64. The number of aliphatic hydroxyl groups excluding tert-OH is 1. The van der Waals surface area contributed by atoms with E-state index in [1.165, 1.54) is 11.0 Å². The van der Waals surface area contributed by atoms with E-state index in [0.717, 1.165) is 5.76 Å². The predicted octanol–water partition coefficient (Wildman–Crippen LogP) is 1.83. The average molecular weight is 237 g/mol. The second-order valence-electron chi connectivity index (χ2n) is 4.65. The van der Waals surface area contributed by atoms with E-state index >= 15 is 0 Å². The van der Waals surface area contributed by atoms with Crippen LogP contribution in [-0.2, 0) is 4.79 Å². The van der Waals surface area contributed by atoms with Crippen LogP contribution < -0.4 is 0 Å². The van der Waals surface area contributed by atoms with Gasteiger partial charge >= 0.3 is 0 Å². The van der Waals surface area contributed by atoms with Gasteiger partial charge in [-0.15, -0.1) is 0 Å². The standard InChI is InChI=1S/C13H19NO3/c1-10-5-6-11(17-10)7-8-12(16)14(4)13(2,3)9-15/h5-8,15H,9H2,1-4H3/b8-7+. The summed E-state index contributed by atoms with van der Waals surface area (Å²) in [6.45, 7) is 5.37. The van der Waals surface area contributed by atoms with Crippen molar-refractivity contribution in [2.24, 2.45) is 0 Å². The lowest BCUT2D eigenvalue weighted by Crippen LogP contribution is -2.47. The summed E-state index contributed by atoms with van der Waals surface area (Å²) in [5.41, 5.74) is -0.569. The van der Waals surface area contributed by atoms with Crippen molar-refractivity contribution in [2.45, 2.75) is 26.3 Å². The first-order valence-electron chi connectivity index (χ1n) is 5.50. The second kappa shape index (κ2) is 5.19. The summed E-state index contributed by atoms with van der Waals surface area (Å²) in [5, 5.41) is 9.17. The lowest BCUT2D eigenvalue weighted by molar-refractivity contribution is -0.130. The molecule has 0 atom stereocenters. The first-order valence-corrected chi connectivity index (χ1v) is 5.50. The van der Waals surface area contributed by atoms with Crippen molar-refractivity contribution < 1.29 is 14.3 Å². The minimum atomic E-state index is -0.569. The van der Waals surface area contributed by atoms with Gasteiger partial charge in [0.05, 0.1) is 12.1 Å². The average Bonchev–Trinajstić information content (AvgIpc) is 2.71. The molecule has 1 N–H and O–H groups in total. The molecule has 4 heteroatoms. The highest BCUT2D eigenvalue weighted by atomic mass is 16.3. The van der Waals surface area contributed by atoms with Crippen LogP contribution in [0.2, 0.25) is 0 Å². The van der Waals surface area contributed by atoms with Gasteiger partial charge in [0.2, 0.25) is 5.91 Å². The summed E-state index contributed by atoms with van der Waals surface area (Å²) in [6.07, 6.45) is 3.06. The third kappa shape index (κ3) is 3.46. The van der Waals surface area contributed by atoms with E-state index in [0.29, 0.717) is 5.76 Å². The van der Waals surface area contributed by atoms with Gasteiger partial charge in [-0.05, 0) is 39.0 Å². The topological polar surface area (TPSA) is 53.7 Å². The Kier molecular flexibility index (Phi) is 4.12. The van der Waals surface area contributed by atoms with Crippen LogP contribution in [0.25, 0.3) is 6.08 Å². The molecule has 0 aliphatic carbocycles. The Hall–Kier alpha value is -1.55. The Morgan fingerprint density at radius 2 is 2.18 bits per heavy atom. The van der Waals surface area contributed by atoms with E-state index < -0.39 is 5.54 Å². The van der Waals surface area contributed by atoms with E-state index in [1.807, 2.05) is 13.0 Å². The molecule has 1 amide bonds. The zero-order valence-electron chi connectivity index (χ0n) is 10.7. The molecule has 94 valence electrons. The summed E-state index contributed by atoms with van der Waals surface area (Å²) in [7, 11) is 1.66. The zero-order valence-corrected chi connectivity index (χ0v) is 10.7.